The zero-order valence-corrected chi connectivity index (χ0v) is 8.85. The number of halogens is 2. The molecule has 2 rings (SSSR count). The number of hydrogen-bond donors (Lipinski definition) is 0. The quantitative estimate of drug-likeness (QED) is 0.672. The normalized spacial score (nSPS) is 19.3. The smallest absolute Gasteiger partial charge is 0.224 e. The molecular formula is C9H11ClFN3. The SMILES string of the molecule is CC1(C)CN(c2nc(Cl)ncc2F)C1. The van der Waals surface area contributed by atoms with E-state index in [-0.39, 0.29) is 10.7 Å². The van der Waals surface area contributed by atoms with Crippen molar-refractivity contribution in [3.8, 4) is 0 Å². The Hall–Kier alpha value is -0.900. The van der Waals surface area contributed by atoms with Gasteiger partial charge in [0.15, 0.2) is 11.6 Å². The van der Waals surface area contributed by atoms with Gasteiger partial charge < -0.3 is 4.90 Å². The molecule has 0 N–H and O–H groups in total. The minimum absolute atomic E-state index is 0.0890. The Balaban J connectivity index is 2.22. The molecule has 76 valence electrons. The van der Waals surface area contributed by atoms with E-state index in [1.165, 1.54) is 0 Å². The maximum Gasteiger partial charge on any atom is 0.224 e. The number of anilines is 1. The van der Waals surface area contributed by atoms with Gasteiger partial charge in [0.25, 0.3) is 0 Å². The average Bonchev–Trinajstić information content (AvgIpc) is 2.05. The number of hydrogen-bond acceptors (Lipinski definition) is 3. The Bertz CT molecular complexity index is 359. The van der Waals surface area contributed by atoms with Crippen molar-refractivity contribution >= 4 is 17.4 Å². The van der Waals surface area contributed by atoms with Gasteiger partial charge in [-0.1, -0.05) is 13.8 Å². The van der Waals surface area contributed by atoms with Crippen LogP contribution < -0.4 is 4.90 Å². The summed E-state index contributed by atoms with van der Waals surface area (Å²) < 4.78 is 13.3. The van der Waals surface area contributed by atoms with Crippen LogP contribution >= 0.6 is 11.6 Å². The first kappa shape index (κ1) is 9.65. The maximum atomic E-state index is 13.3. The van der Waals surface area contributed by atoms with Crippen LogP contribution in [0.3, 0.4) is 0 Å². The molecule has 1 aromatic rings. The van der Waals surface area contributed by atoms with E-state index in [0.717, 1.165) is 19.3 Å². The summed E-state index contributed by atoms with van der Waals surface area (Å²) in [6.45, 7) is 5.86. The summed E-state index contributed by atoms with van der Waals surface area (Å²) in [7, 11) is 0. The van der Waals surface area contributed by atoms with Crippen molar-refractivity contribution in [1.82, 2.24) is 9.97 Å². The van der Waals surface area contributed by atoms with Crippen LogP contribution in [0.1, 0.15) is 13.8 Å². The van der Waals surface area contributed by atoms with Gasteiger partial charge in [-0.15, -0.1) is 0 Å². The van der Waals surface area contributed by atoms with Crippen molar-refractivity contribution in [1.29, 1.82) is 0 Å². The highest BCUT2D eigenvalue weighted by molar-refractivity contribution is 6.28. The summed E-state index contributed by atoms with van der Waals surface area (Å²) in [4.78, 5) is 9.30. The highest BCUT2D eigenvalue weighted by Crippen LogP contribution is 2.33. The molecule has 3 nitrogen and oxygen atoms in total. The molecule has 0 aliphatic carbocycles. The number of aromatic nitrogens is 2. The molecule has 0 saturated carbocycles. The van der Waals surface area contributed by atoms with Crippen LogP contribution in [0, 0.1) is 11.2 Å². The fourth-order valence-electron chi connectivity index (χ4n) is 1.70. The Labute approximate surface area is 86.9 Å². The third-order valence-electron chi connectivity index (χ3n) is 2.23. The van der Waals surface area contributed by atoms with Gasteiger partial charge in [-0.25, -0.2) is 9.37 Å². The number of nitrogens with zero attached hydrogens (tertiary/aromatic N) is 3. The second-order valence-electron chi connectivity index (χ2n) is 4.33. The molecule has 1 aliphatic heterocycles. The van der Waals surface area contributed by atoms with Crippen LogP contribution in [-0.2, 0) is 0 Å². The Morgan fingerprint density at radius 1 is 1.50 bits per heavy atom. The summed E-state index contributed by atoms with van der Waals surface area (Å²) in [5.74, 6) is -0.103. The van der Waals surface area contributed by atoms with E-state index in [1.807, 2.05) is 4.90 Å². The topological polar surface area (TPSA) is 29.0 Å². The highest BCUT2D eigenvalue weighted by Gasteiger charge is 2.36. The highest BCUT2D eigenvalue weighted by atomic mass is 35.5. The molecule has 0 radical (unpaired) electrons. The molecule has 0 bridgehead atoms. The Kier molecular flexibility index (Phi) is 2.10. The number of rotatable bonds is 1. The fraction of sp³-hybridized carbons (Fsp3) is 0.556. The van der Waals surface area contributed by atoms with Crippen LogP contribution in [0.15, 0.2) is 6.20 Å². The third-order valence-corrected chi connectivity index (χ3v) is 2.42. The van der Waals surface area contributed by atoms with Gasteiger partial charge in [-0.2, -0.15) is 4.98 Å². The molecule has 0 unspecified atom stereocenters. The van der Waals surface area contributed by atoms with Gasteiger partial charge in [0, 0.05) is 13.1 Å². The molecule has 0 spiro atoms. The van der Waals surface area contributed by atoms with Crippen molar-refractivity contribution in [3.63, 3.8) is 0 Å². The van der Waals surface area contributed by atoms with E-state index in [9.17, 15) is 4.39 Å². The largest absolute Gasteiger partial charge is 0.353 e. The lowest BCUT2D eigenvalue weighted by molar-refractivity contribution is 0.272. The van der Waals surface area contributed by atoms with Crippen LogP contribution in [0.5, 0.6) is 0 Å². The summed E-state index contributed by atoms with van der Waals surface area (Å²) in [6.07, 6.45) is 1.11. The molecule has 0 amide bonds. The lowest BCUT2D eigenvalue weighted by atomic mass is 9.84. The minimum Gasteiger partial charge on any atom is -0.353 e. The summed E-state index contributed by atoms with van der Waals surface area (Å²) in [6, 6.07) is 0. The maximum absolute atomic E-state index is 13.3. The van der Waals surface area contributed by atoms with E-state index in [1.54, 1.807) is 0 Å². The molecule has 0 atom stereocenters. The Morgan fingerprint density at radius 3 is 2.71 bits per heavy atom. The summed E-state index contributed by atoms with van der Waals surface area (Å²) in [5, 5.41) is 0.0890. The predicted molar refractivity (Wildman–Crippen MR) is 53.0 cm³/mol. The van der Waals surface area contributed by atoms with Gasteiger partial charge in [-0.3, -0.25) is 0 Å². The molecule has 14 heavy (non-hydrogen) atoms. The zero-order chi connectivity index (χ0) is 10.3. The van der Waals surface area contributed by atoms with Crippen molar-refractivity contribution in [2.75, 3.05) is 18.0 Å². The van der Waals surface area contributed by atoms with E-state index in [4.69, 9.17) is 11.6 Å². The molecular weight excluding hydrogens is 205 g/mol. The second kappa shape index (κ2) is 3.05. The lowest BCUT2D eigenvalue weighted by Gasteiger charge is -2.46. The predicted octanol–water partition coefficient (Wildman–Crippen LogP) is 2.12. The molecule has 0 aromatic carbocycles. The van der Waals surface area contributed by atoms with E-state index in [2.05, 4.69) is 23.8 Å². The van der Waals surface area contributed by atoms with Crippen LogP contribution in [0.4, 0.5) is 10.2 Å². The fourth-order valence-corrected chi connectivity index (χ4v) is 1.82. The first-order valence-corrected chi connectivity index (χ1v) is 4.79. The molecule has 1 saturated heterocycles. The minimum atomic E-state index is -0.412. The molecule has 1 aromatic heterocycles. The van der Waals surface area contributed by atoms with Gasteiger partial charge in [0.05, 0.1) is 6.20 Å². The van der Waals surface area contributed by atoms with Gasteiger partial charge in [-0.05, 0) is 17.0 Å². The molecule has 2 heterocycles. The van der Waals surface area contributed by atoms with Crippen molar-refractivity contribution in [2.45, 2.75) is 13.8 Å². The van der Waals surface area contributed by atoms with Gasteiger partial charge >= 0.3 is 0 Å². The first-order valence-electron chi connectivity index (χ1n) is 4.41. The summed E-state index contributed by atoms with van der Waals surface area (Å²) in [5.41, 5.74) is 0.240. The molecule has 1 aliphatic rings. The Morgan fingerprint density at radius 2 is 2.14 bits per heavy atom. The van der Waals surface area contributed by atoms with Crippen LogP contribution in [0.2, 0.25) is 5.28 Å². The summed E-state index contributed by atoms with van der Waals surface area (Å²) >= 11 is 5.60. The molecule has 5 heteroatoms. The van der Waals surface area contributed by atoms with E-state index >= 15 is 0 Å². The van der Waals surface area contributed by atoms with Crippen molar-refractivity contribution in [2.24, 2.45) is 5.41 Å². The average molecular weight is 216 g/mol. The van der Waals surface area contributed by atoms with Crippen molar-refractivity contribution in [3.05, 3.63) is 17.3 Å². The monoisotopic (exact) mass is 215 g/mol. The first-order chi connectivity index (χ1) is 6.48. The van der Waals surface area contributed by atoms with E-state index in [0.29, 0.717) is 5.82 Å². The van der Waals surface area contributed by atoms with Crippen LogP contribution in [-0.4, -0.2) is 23.1 Å². The zero-order valence-electron chi connectivity index (χ0n) is 8.09. The van der Waals surface area contributed by atoms with Crippen LogP contribution in [0.25, 0.3) is 0 Å². The lowest BCUT2D eigenvalue weighted by Crippen LogP contribution is -2.53. The van der Waals surface area contributed by atoms with E-state index < -0.39 is 5.82 Å². The second-order valence-corrected chi connectivity index (χ2v) is 4.67. The van der Waals surface area contributed by atoms with Crippen molar-refractivity contribution < 1.29 is 4.39 Å². The third kappa shape index (κ3) is 1.66. The van der Waals surface area contributed by atoms with Gasteiger partial charge in [0.2, 0.25) is 5.28 Å². The standard InChI is InChI=1S/C9H11ClFN3/c1-9(2)4-14(5-9)7-6(11)3-12-8(10)13-7/h3H,4-5H2,1-2H3. The van der Waals surface area contributed by atoms with Gasteiger partial charge in [0.1, 0.15) is 0 Å². The molecule has 1 fully saturated rings.